The van der Waals surface area contributed by atoms with E-state index in [0.717, 1.165) is 12.5 Å². The molecule has 0 spiro atoms. The monoisotopic (exact) mass is 275 g/mol. The predicted molar refractivity (Wildman–Crippen MR) is 87.7 cm³/mol. The standard InChI is InChI=1S/C17H29NSi/c1-14(16-7-5-6-8-16)18-13-15-9-11-17(12-10-15)19(2,3)4/h9-12,14,16,18H,5-8,13H2,1-4H3/t14-/m1/s1. The number of hydrogen-bond donors (Lipinski definition) is 1. The van der Waals surface area contributed by atoms with Crippen LogP contribution in [0.2, 0.25) is 19.6 Å². The smallest absolute Gasteiger partial charge is 0.0775 e. The van der Waals surface area contributed by atoms with Crippen molar-refractivity contribution in [1.29, 1.82) is 0 Å². The molecule has 0 radical (unpaired) electrons. The molecule has 0 bridgehead atoms. The summed E-state index contributed by atoms with van der Waals surface area (Å²) in [5.41, 5.74) is 1.42. The molecule has 19 heavy (non-hydrogen) atoms. The highest BCUT2D eigenvalue weighted by atomic mass is 28.3. The fourth-order valence-corrected chi connectivity index (χ4v) is 4.19. The maximum Gasteiger partial charge on any atom is 0.0775 e. The molecule has 1 aromatic rings. The van der Waals surface area contributed by atoms with E-state index < -0.39 is 8.07 Å². The van der Waals surface area contributed by atoms with Gasteiger partial charge in [-0.25, -0.2) is 0 Å². The lowest BCUT2D eigenvalue weighted by molar-refractivity contribution is 0.380. The summed E-state index contributed by atoms with van der Waals surface area (Å²) < 4.78 is 0. The van der Waals surface area contributed by atoms with Crippen LogP contribution in [0.25, 0.3) is 0 Å². The number of hydrogen-bond acceptors (Lipinski definition) is 1. The lowest BCUT2D eigenvalue weighted by atomic mass is 9.99. The highest BCUT2D eigenvalue weighted by Gasteiger charge is 2.21. The molecule has 1 aromatic carbocycles. The molecule has 0 unspecified atom stereocenters. The van der Waals surface area contributed by atoms with E-state index >= 15 is 0 Å². The molecule has 106 valence electrons. The van der Waals surface area contributed by atoms with Crippen LogP contribution in [-0.2, 0) is 6.54 Å². The van der Waals surface area contributed by atoms with Crippen LogP contribution in [0.15, 0.2) is 24.3 Å². The Morgan fingerprint density at radius 1 is 1.11 bits per heavy atom. The fourth-order valence-electron chi connectivity index (χ4n) is 3.03. The van der Waals surface area contributed by atoms with Gasteiger partial charge in [-0.3, -0.25) is 0 Å². The van der Waals surface area contributed by atoms with Gasteiger partial charge in [0.1, 0.15) is 0 Å². The van der Waals surface area contributed by atoms with Crippen molar-refractivity contribution in [3.63, 3.8) is 0 Å². The maximum absolute atomic E-state index is 3.71. The van der Waals surface area contributed by atoms with Crippen LogP contribution in [0.3, 0.4) is 0 Å². The Morgan fingerprint density at radius 2 is 1.68 bits per heavy atom. The first-order valence-corrected chi connectivity index (χ1v) is 11.3. The minimum absolute atomic E-state index is 0.666. The van der Waals surface area contributed by atoms with E-state index in [-0.39, 0.29) is 0 Å². The van der Waals surface area contributed by atoms with Crippen LogP contribution in [0.4, 0.5) is 0 Å². The van der Waals surface area contributed by atoms with Crippen molar-refractivity contribution >= 4 is 13.3 Å². The van der Waals surface area contributed by atoms with Gasteiger partial charge in [0, 0.05) is 12.6 Å². The van der Waals surface area contributed by atoms with Gasteiger partial charge in [0.25, 0.3) is 0 Å². The molecule has 1 atom stereocenters. The summed E-state index contributed by atoms with van der Waals surface area (Å²) in [5, 5.41) is 5.27. The number of benzene rings is 1. The second-order valence-electron chi connectivity index (χ2n) is 7.16. The van der Waals surface area contributed by atoms with Gasteiger partial charge in [-0.2, -0.15) is 0 Å². The highest BCUT2D eigenvalue weighted by Crippen LogP contribution is 2.27. The van der Waals surface area contributed by atoms with Crippen LogP contribution in [0, 0.1) is 5.92 Å². The summed E-state index contributed by atoms with van der Waals surface area (Å²) in [4.78, 5) is 0. The van der Waals surface area contributed by atoms with Crippen molar-refractivity contribution in [1.82, 2.24) is 5.32 Å². The average molecular weight is 276 g/mol. The topological polar surface area (TPSA) is 12.0 Å². The summed E-state index contributed by atoms with van der Waals surface area (Å²) in [7, 11) is -1.14. The molecule has 0 aliphatic heterocycles. The zero-order valence-corrected chi connectivity index (χ0v) is 14.0. The van der Waals surface area contributed by atoms with Crippen LogP contribution in [0.1, 0.15) is 38.2 Å². The minimum atomic E-state index is -1.14. The third-order valence-electron chi connectivity index (χ3n) is 4.56. The normalized spacial score (nSPS) is 18.7. The molecule has 2 rings (SSSR count). The molecule has 1 fully saturated rings. The highest BCUT2D eigenvalue weighted by molar-refractivity contribution is 6.88. The third kappa shape index (κ3) is 4.18. The molecule has 0 heterocycles. The van der Waals surface area contributed by atoms with E-state index in [1.165, 1.54) is 31.2 Å². The van der Waals surface area contributed by atoms with Crippen molar-refractivity contribution in [3.8, 4) is 0 Å². The van der Waals surface area contributed by atoms with E-state index in [1.807, 2.05) is 0 Å². The molecule has 1 aliphatic carbocycles. The van der Waals surface area contributed by atoms with E-state index in [2.05, 4.69) is 56.1 Å². The Labute approximate surface area is 119 Å². The fraction of sp³-hybridized carbons (Fsp3) is 0.647. The number of rotatable bonds is 5. The molecule has 1 saturated carbocycles. The number of nitrogens with one attached hydrogen (secondary N) is 1. The largest absolute Gasteiger partial charge is 0.310 e. The third-order valence-corrected chi connectivity index (χ3v) is 6.62. The van der Waals surface area contributed by atoms with Crippen molar-refractivity contribution in [3.05, 3.63) is 29.8 Å². The minimum Gasteiger partial charge on any atom is -0.310 e. The molecule has 0 amide bonds. The van der Waals surface area contributed by atoms with Crippen LogP contribution in [-0.4, -0.2) is 14.1 Å². The summed E-state index contributed by atoms with van der Waals surface area (Å²) >= 11 is 0. The Balaban J connectivity index is 1.86. The average Bonchev–Trinajstić information content (AvgIpc) is 2.89. The van der Waals surface area contributed by atoms with Gasteiger partial charge in [-0.1, -0.05) is 61.9 Å². The Hall–Kier alpha value is -0.603. The molecule has 2 heteroatoms. The first kappa shape index (κ1) is 14.8. The van der Waals surface area contributed by atoms with Gasteiger partial charge in [-0.15, -0.1) is 0 Å². The molecular formula is C17H29NSi. The Morgan fingerprint density at radius 3 is 2.21 bits per heavy atom. The lowest BCUT2D eigenvalue weighted by Gasteiger charge is -2.21. The lowest BCUT2D eigenvalue weighted by Crippen LogP contribution is -2.37. The molecule has 1 N–H and O–H groups in total. The van der Waals surface area contributed by atoms with Gasteiger partial charge in [0.2, 0.25) is 0 Å². The summed E-state index contributed by atoms with van der Waals surface area (Å²) in [6.45, 7) is 10.6. The van der Waals surface area contributed by atoms with E-state index in [4.69, 9.17) is 0 Å². The molecular weight excluding hydrogens is 246 g/mol. The first-order valence-electron chi connectivity index (χ1n) is 7.79. The van der Waals surface area contributed by atoms with E-state index in [1.54, 1.807) is 5.19 Å². The maximum atomic E-state index is 3.71. The molecule has 1 aliphatic rings. The molecule has 0 saturated heterocycles. The second-order valence-corrected chi connectivity index (χ2v) is 12.2. The van der Waals surface area contributed by atoms with Crippen LogP contribution < -0.4 is 10.5 Å². The van der Waals surface area contributed by atoms with Gasteiger partial charge >= 0.3 is 0 Å². The van der Waals surface area contributed by atoms with Gasteiger partial charge < -0.3 is 5.32 Å². The van der Waals surface area contributed by atoms with Crippen LogP contribution in [0.5, 0.6) is 0 Å². The zero-order chi connectivity index (χ0) is 13.9. The Bertz CT molecular complexity index is 385. The van der Waals surface area contributed by atoms with E-state index in [9.17, 15) is 0 Å². The first-order chi connectivity index (χ1) is 8.97. The SMILES string of the molecule is C[C@@H](NCc1ccc([Si](C)(C)C)cc1)C1CCCC1. The second kappa shape index (κ2) is 6.23. The van der Waals surface area contributed by atoms with Crippen molar-refractivity contribution in [2.45, 2.75) is 64.8 Å². The zero-order valence-electron chi connectivity index (χ0n) is 13.0. The quantitative estimate of drug-likeness (QED) is 0.804. The van der Waals surface area contributed by atoms with Gasteiger partial charge in [0.05, 0.1) is 8.07 Å². The predicted octanol–water partition coefficient (Wildman–Crippen LogP) is 3.90. The molecule has 1 nitrogen and oxygen atoms in total. The van der Waals surface area contributed by atoms with Gasteiger partial charge in [-0.05, 0) is 31.2 Å². The van der Waals surface area contributed by atoms with E-state index in [0.29, 0.717) is 6.04 Å². The molecule has 0 aromatic heterocycles. The van der Waals surface area contributed by atoms with Crippen molar-refractivity contribution in [2.24, 2.45) is 5.92 Å². The van der Waals surface area contributed by atoms with Crippen molar-refractivity contribution in [2.75, 3.05) is 0 Å². The summed E-state index contributed by atoms with van der Waals surface area (Å²) in [6, 6.07) is 9.95. The van der Waals surface area contributed by atoms with Gasteiger partial charge in [0.15, 0.2) is 0 Å². The van der Waals surface area contributed by atoms with Crippen molar-refractivity contribution < 1.29 is 0 Å². The Kier molecular flexibility index (Phi) is 4.85. The van der Waals surface area contributed by atoms with Crippen LogP contribution >= 0.6 is 0 Å². The summed E-state index contributed by atoms with van der Waals surface area (Å²) in [6.07, 6.45) is 5.70. The summed E-state index contributed by atoms with van der Waals surface area (Å²) in [5.74, 6) is 0.904.